The zero-order valence-corrected chi connectivity index (χ0v) is 8.12. The molecule has 0 spiro atoms. The van der Waals surface area contributed by atoms with Crippen molar-refractivity contribution >= 4 is 5.97 Å². The zero-order chi connectivity index (χ0) is 10.4. The summed E-state index contributed by atoms with van der Waals surface area (Å²) in [6, 6.07) is 0. The second-order valence-corrected chi connectivity index (χ2v) is 3.03. The van der Waals surface area contributed by atoms with Crippen LogP contribution in [0.15, 0.2) is 10.8 Å². The number of carboxylic acids is 1. The van der Waals surface area contributed by atoms with E-state index >= 15 is 0 Å². The molecule has 78 valence electrons. The Labute approximate surface area is 82.1 Å². The number of nitrogens with zero attached hydrogens (tertiary/aromatic N) is 1. The lowest BCUT2D eigenvalue weighted by atomic mass is 10.3. The first-order valence-electron chi connectivity index (χ1n) is 4.51. The van der Waals surface area contributed by atoms with Gasteiger partial charge in [-0.3, -0.25) is 4.79 Å². The molecule has 0 aromatic carbocycles. The largest absolute Gasteiger partial charge is 0.481 e. The fourth-order valence-electron chi connectivity index (χ4n) is 1.07. The first-order chi connectivity index (χ1) is 6.70. The van der Waals surface area contributed by atoms with E-state index in [2.05, 4.69) is 10.3 Å². The molecule has 1 rings (SSSR count). The van der Waals surface area contributed by atoms with Gasteiger partial charge in [0, 0.05) is 13.0 Å². The molecule has 5 heteroatoms. The average molecular weight is 198 g/mol. The van der Waals surface area contributed by atoms with Crippen LogP contribution in [-0.2, 0) is 11.3 Å². The second-order valence-electron chi connectivity index (χ2n) is 3.03. The molecule has 5 nitrogen and oxygen atoms in total. The lowest BCUT2D eigenvalue weighted by Gasteiger charge is -2.00. The molecule has 0 bridgehead atoms. The summed E-state index contributed by atoms with van der Waals surface area (Å²) in [6.07, 6.45) is 2.24. The lowest BCUT2D eigenvalue weighted by molar-refractivity contribution is -0.137. The van der Waals surface area contributed by atoms with Gasteiger partial charge in [0.15, 0.2) is 6.39 Å². The maximum Gasteiger partial charge on any atom is 0.303 e. The summed E-state index contributed by atoms with van der Waals surface area (Å²) >= 11 is 0. The molecule has 0 aliphatic heterocycles. The molecule has 0 atom stereocenters. The van der Waals surface area contributed by atoms with E-state index < -0.39 is 5.97 Å². The van der Waals surface area contributed by atoms with E-state index in [9.17, 15) is 4.79 Å². The highest BCUT2D eigenvalue weighted by Crippen LogP contribution is 2.03. The van der Waals surface area contributed by atoms with Crippen LogP contribution in [0.3, 0.4) is 0 Å². The van der Waals surface area contributed by atoms with Crippen LogP contribution in [0.5, 0.6) is 0 Å². The molecule has 0 aliphatic rings. The fraction of sp³-hybridized carbons (Fsp3) is 0.556. The van der Waals surface area contributed by atoms with Crippen LogP contribution in [0.2, 0.25) is 0 Å². The molecule has 0 saturated heterocycles. The van der Waals surface area contributed by atoms with Crippen LogP contribution in [-0.4, -0.2) is 22.6 Å². The van der Waals surface area contributed by atoms with Crippen molar-refractivity contribution in [3.63, 3.8) is 0 Å². The second kappa shape index (κ2) is 5.39. The Morgan fingerprint density at radius 1 is 1.71 bits per heavy atom. The number of aliphatic carboxylic acids is 1. The van der Waals surface area contributed by atoms with Gasteiger partial charge in [-0.2, -0.15) is 0 Å². The molecule has 0 fully saturated rings. The summed E-state index contributed by atoms with van der Waals surface area (Å²) in [5.74, 6) is 0.0418. The normalized spacial score (nSPS) is 10.4. The molecule has 1 heterocycles. The predicted molar refractivity (Wildman–Crippen MR) is 49.8 cm³/mol. The van der Waals surface area contributed by atoms with Gasteiger partial charge in [0.1, 0.15) is 5.76 Å². The van der Waals surface area contributed by atoms with Gasteiger partial charge in [0.05, 0.1) is 5.69 Å². The van der Waals surface area contributed by atoms with Crippen LogP contribution in [0.25, 0.3) is 0 Å². The summed E-state index contributed by atoms with van der Waals surface area (Å²) in [7, 11) is 0. The number of nitrogens with one attached hydrogen (secondary N) is 1. The quantitative estimate of drug-likeness (QED) is 0.665. The summed E-state index contributed by atoms with van der Waals surface area (Å²) in [4.78, 5) is 14.2. The van der Waals surface area contributed by atoms with Crippen LogP contribution >= 0.6 is 0 Å². The monoisotopic (exact) mass is 198 g/mol. The van der Waals surface area contributed by atoms with E-state index in [1.165, 1.54) is 6.39 Å². The Hall–Kier alpha value is -1.36. The third-order valence-corrected chi connectivity index (χ3v) is 1.88. The molecule has 2 N–H and O–H groups in total. The number of carbonyl (C=O) groups is 1. The van der Waals surface area contributed by atoms with E-state index in [0.29, 0.717) is 19.5 Å². The average Bonchev–Trinajstić information content (AvgIpc) is 2.51. The maximum atomic E-state index is 10.2. The number of oxazole rings is 1. The standard InChI is InChI=1S/C9H14N2O3/c1-7-8(11-6-14-7)5-10-4-2-3-9(12)13/h6,10H,2-5H2,1H3,(H,12,13). The summed E-state index contributed by atoms with van der Waals surface area (Å²) in [5.41, 5.74) is 0.875. The number of hydrogen-bond acceptors (Lipinski definition) is 4. The fourth-order valence-corrected chi connectivity index (χ4v) is 1.07. The summed E-state index contributed by atoms with van der Waals surface area (Å²) in [6.45, 7) is 3.15. The maximum absolute atomic E-state index is 10.2. The van der Waals surface area contributed by atoms with Gasteiger partial charge in [-0.1, -0.05) is 0 Å². The van der Waals surface area contributed by atoms with Crippen LogP contribution in [0.1, 0.15) is 24.3 Å². The molecular weight excluding hydrogens is 184 g/mol. The van der Waals surface area contributed by atoms with E-state index in [-0.39, 0.29) is 6.42 Å². The van der Waals surface area contributed by atoms with Gasteiger partial charge in [-0.25, -0.2) is 4.98 Å². The highest BCUT2D eigenvalue weighted by molar-refractivity contribution is 5.66. The van der Waals surface area contributed by atoms with Gasteiger partial charge >= 0.3 is 5.97 Å². The Morgan fingerprint density at radius 2 is 2.50 bits per heavy atom. The zero-order valence-electron chi connectivity index (χ0n) is 8.12. The van der Waals surface area contributed by atoms with E-state index in [4.69, 9.17) is 9.52 Å². The van der Waals surface area contributed by atoms with Crippen molar-refractivity contribution in [1.29, 1.82) is 0 Å². The molecule has 0 unspecified atom stereocenters. The van der Waals surface area contributed by atoms with Crippen molar-refractivity contribution < 1.29 is 14.3 Å². The highest BCUT2D eigenvalue weighted by Gasteiger charge is 2.02. The first-order valence-corrected chi connectivity index (χ1v) is 4.51. The van der Waals surface area contributed by atoms with Crippen molar-refractivity contribution in [1.82, 2.24) is 10.3 Å². The van der Waals surface area contributed by atoms with Crippen LogP contribution in [0.4, 0.5) is 0 Å². The topological polar surface area (TPSA) is 75.4 Å². The van der Waals surface area contributed by atoms with E-state index in [1.54, 1.807) is 0 Å². The van der Waals surface area contributed by atoms with Gasteiger partial charge in [-0.05, 0) is 19.9 Å². The molecule has 0 radical (unpaired) electrons. The lowest BCUT2D eigenvalue weighted by Crippen LogP contribution is -2.16. The minimum absolute atomic E-state index is 0.199. The molecule has 1 aromatic heterocycles. The number of carboxylic acid groups (broad SMARTS) is 1. The van der Waals surface area contributed by atoms with Crippen LogP contribution in [0, 0.1) is 6.92 Å². The van der Waals surface area contributed by atoms with Crippen LogP contribution < -0.4 is 5.32 Å². The minimum Gasteiger partial charge on any atom is -0.481 e. The van der Waals surface area contributed by atoms with Gasteiger partial charge in [-0.15, -0.1) is 0 Å². The first kappa shape index (κ1) is 10.7. The number of aromatic nitrogens is 1. The third kappa shape index (κ3) is 3.57. The van der Waals surface area contributed by atoms with Crippen molar-refractivity contribution in [2.24, 2.45) is 0 Å². The SMILES string of the molecule is Cc1ocnc1CNCCCC(=O)O. The Balaban J connectivity index is 2.10. The Bertz CT molecular complexity index is 296. The van der Waals surface area contributed by atoms with Crippen molar-refractivity contribution in [2.45, 2.75) is 26.3 Å². The van der Waals surface area contributed by atoms with E-state index in [0.717, 1.165) is 11.5 Å². The molecule has 14 heavy (non-hydrogen) atoms. The molecule has 0 aliphatic carbocycles. The Kier molecular flexibility index (Phi) is 4.12. The van der Waals surface area contributed by atoms with Crippen molar-refractivity contribution in [3.8, 4) is 0 Å². The molecule has 1 aromatic rings. The van der Waals surface area contributed by atoms with E-state index in [1.807, 2.05) is 6.92 Å². The predicted octanol–water partition coefficient (Wildman–Crippen LogP) is 0.937. The number of rotatable bonds is 6. The van der Waals surface area contributed by atoms with Gasteiger partial charge < -0.3 is 14.8 Å². The smallest absolute Gasteiger partial charge is 0.303 e. The van der Waals surface area contributed by atoms with Crippen molar-refractivity contribution in [2.75, 3.05) is 6.54 Å². The molecule has 0 saturated carbocycles. The highest BCUT2D eigenvalue weighted by atomic mass is 16.4. The number of aryl methyl sites for hydroxylation is 1. The Morgan fingerprint density at radius 3 is 3.07 bits per heavy atom. The summed E-state index contributed by atoms with van der Waals surface area (Å²) < 4.78 is 5.01. The molecule has 0 amide bonds. The van der Waals surface area contributed by atoms with Gasteiger partial charge in [0.25, 0.3) is 0 Å². The van der Waals surface area contributed by atoms with Gasteiger partial charge in [0.2, 0.25) is 0 Å². The minimum atomic E-state index is -0.760. The number of hydrogen-bond donors (Lipinski definition) is 2. The third-order valence-electron chi connectivity index (χ3n) is 1.88. The summed E-state index contributed by atoms with van der Waals surface area (Å²) in [5, 5.41) is 11.5. The van der Waals surface area contributed by atoms with Crippen molar-refractivity contribution in [3.05, 3.63) is 17.8 Å². The molecular formula is C9H14N2O3.